The molecule has 0 N–H and O–H groups in total. The number of thiophene rings is 3. The van der Waals surface area contributed by atoms with Crippen molar-refractivity contribution in [3.05, 3.63) is 12.1 Å². The number of fused-ring (bicyclic) bond motifs is 6. The van der Waals surface area contributed by atoms with E-state index in [9.17, 15) is 0 Å². The predicted molar refractivity (Wildman–Crippen MR) is 94.1 cm³/mol. The van der Waals surface area contributed by atoms with Crippen LogP contribution in [0.2, 0.25) is 0 Å². The van der Waals surface area contributed by atoms with Gasteiger partial charge in [0.1, 0.15) is 31.4 Å². The molecule has 80 valence electrons. The third-order valence-electron chi connectivity index (χ3n) is 3.21. The highest BCUT2D eigenvalue weighted by atomic mass is 32.1. The van der Waals surface area contributed by atoms with E-state index in [-0.39, 0.29) is 0 Å². The minimum atomic E-state index is 0.738. The molecule has 0 amide bonds. The van der Waals surface area contributed by atoms with E-state index in [1.807, 2.05) is 12.1 Å². The molecule has 0 spiro atoms. The minimum absolute atomic E-state index is 0.738. The molecule has 19 heavy (non-hydrogen) atoms. The number of rotatable bonds is 0. The van der Waals surface area contributed by atoms with Crippen molar-refractivity contribution < 1.29 is 0 Å². The molecule has 4 rings (SSSR count). The van der Waals surface area contributed by atoms with Gasteiger partial charge in [0.05, 0.1) is 9.40 Å². The molecule has 0 aliphatic rings. The van der Waals surface area contributed by atoms with Crippen molar-refractivity contribution in [1.29, 1.82) is 0 Å². The molecule has 4 aromatic rings. The van der Waals surface area contributed by atoms with Crippen LogP contribution in [0, 0.1) is 0 Å². The quantitative estimate of drug-likeness (QED) is 0.413. The first-order valence-electron chi connectivity index (χ1n) is 5.53. The van der Waals surface area contributed by atoms with Crippen molar-refractivity contribution in [3.63, 3.8) is 0 Å². The molecule has 0 saturated heterocycles. The van der Waals surface area contributed by atoms with E-state index in [0.29, 0.717) is 0 Å². The largest absolute Gasteiger partial charge is 0.167 e. The summed E-state index contributed by atoms with van der Waals surface area (Å²) in [6.45, 7) is 0. The second-order valence-electron chi connectivity index (χ2n) is 4.36. The molecular formula is C12H2B4S3. The third kappa shape index (κ3) is 1.55. The lowest BCUT2D eigenvalue weighted by Crippen LogP contribution is -1.95. The zero-order valence-electron chi connectivity index (χ0n) is 9.69. The van der Waals surface area contributed by atoms with Gasteiger partial charge in [-0.15, -0.1) is 0 Å². The highest BCUT2D eigenvalue weighted by molar-refractivity contribution is 7.34. The summed E-state index contributed by atoms with van der Waals surface area (Å²) in [5, 5.41) is 4.18. The molecule has 8 radical (unpaired) electrons. The van der Waals surface area contributed by atoms with Crippen LogP contribution in [0.25, 0.3) is 30.9 Å². The summed E-state index contributed by atoms with van der Waals surface area (Å²) in [4.78, 5) is 0. The number of hydrogen-bond donors (Lipinski definition) is 0. The molecule has 0 aliphatic heterocycles. The summed E-state index contributed by atoms with van der Waals surface area (Å²) < 4.78 is 5.32. The average molecular weight is 286 g/mol. The molecule has 7 heteroatoms. The van der Waals surface area contributed by atoms with E-state index in [0.717, 1.165) is 50.1 Å². The van der Waals surface area contributed by atoms with Gasteiger partial charge in [0.15, 0.2) is 0 Å². The van der Waals surface area contributed by atoms with Gasteiger partial charge in [0.25, 0.3) is 0 Å². The van der Waals surface area contributed by atoms with E-state index in [1.54, 1.807) is 22.7 Å². The van der Waals surface area contributed by atoms with Gasteiger partial charge in [0, 0.05) is 10.8 Å². The summed E-state index contributed by atoms with van der Waals surface area (Å²) in [6, 6.07) is 3.94. The summed E-state index contributed by atoms with van der Waals surface area (Å²) in [5.74, 6) is 0. The highest BCUT2D eigenvalue weighted by Crippen LogP contribution is 2.38. The smallest absolute Gasteiger partial charge is 0.129 e. The SMILES string of the molecule is [B]c1cc2c(s1)c1sc([B])cc1c1c([B])sc([B])c21. The summed E-state index contributed by atoms with van der Waals surface area (Å²) in [6.07, 6.45) is 0. The Morgan fingerprint density at radius 1 is 0.632 bits per heavy atom. The van der Waals surface area contributed by atoms with Crippen molar-refractivity contribution in [2.24, 2.45) is 0 Å². The topological polar surface area (TPSA) is 0 Å². The number of benzene rings is 1. The third-order valence-corrected chi connectivity index (χ3v) is 6.15. The average Bonchev–Trinajstić information content (AvgIpc) is 2.94. The van der Waals surface area contributed by atoms with Crippen LogP contribution in [0.4, 0.5) is 0 Å². The van der Waals surface area contributed by atoms with Gasteiger partial charge in [-0.25, -0.2) is 0 Å². The van der Waals surface area contributed by atoms with Crippen LogP contribution in [0.5, 0.6) is 0 Å². The maximum Gasteiger partial charge on any atom is 0.129 e. The lowest BCUT2D eigenvalue weighted by atomic mass is 9.91. The summed E-state index contributed by atoms with van der Waals surface area (Å²) in [5.41, 5.74) is 0. The Balaban J connectivity index is 2.47. The van der Waals surface area contributed by atoms with Crippen molar-refractivity contribution >= 4 is 115 Å². The molecule has 3 aromatic heterocycles. The van der Waals surface area contributed by atoms with Crippen LogP contribution < -0.4 is 19.1 Å². The molecule has 0 saturated carbocycles. The molecule has 3 heterocycles. The van der Waals surface area contributed by atoms with Crippen molar-refractivity contribution in [1.82, 2.24) is 0 Å². The Kier molecular flexibility index (Phi) is 2.51. The fourth-order valence-corrected chi connectivity index (χ4v) is 5.42. The van der Waals surface area contributed by atoms with Crippen LogP contribution in [0.1, 0.15) is 0 Å². The Hall–Kier alpha value is -0.640. The fourth-order valence-electron chi connectivity index (χ4n) is 2.53. The van der Waals surface area contributed by atoms with Gasteiger partial charge in [-0.3, -0.25) is 0 Å². The van der Waals surface area contributed by atoms with Gasteiger partial charge in [-0.05, 0) is 29.9 Å². The normalized spacial score (nSPS) is 12.0. The van der Waals surface area contributed by atoms with Crippen LogP contribution in [-0.2, 0) is 0 Å². The van der Waals surface area contributed by atoms with E-state index >= 15 is 0 Å². The predicted octanol–water partition coefficient (Wildman–Crippen LogP) is 0.506. The summed E-state index contributed by atoms with van der Waals surface area (Å²) in [7, 11) is 24.2. The maximum absolute atomic E-state index is 6.12. The van der Waals surface area contributed by atoms with Crippen molar-refractivity contribution in [2.75, 3.05) is 0 Å². The van der Waals surface area contributed by atoms with Gasteiger partial charge in [-0.1, -0.05) is 12.1 Å². The first-order valence-corrected chi connectivity index (χ1v) is 7.98. The van der Waals surface area contributed by atoms with E-state index in [4.69, 9.17) is 31.4 Å². The second-order valence-corrected chi connectivity index (χ2v) is 7.62. The standard InChI is InChI=1S/C12H2B4S3/c13-5-1-3-7-8(12(16)19-11(7)15)4-2-6(14)18-10(4)9(3)17-5/h1-2H. The molecule has 0 atom stereocenters. The molecule has 0 aliphatic carbocycles. The van der Waals surface area contributed by atoms with Crippen LogP contribution >= 0.6 is 34.0 Å². The van der Waals surface area contributed by atoms with Gasteiger partial charge >= 0.3 is 0 Å². The molecule has 0 fully saturated rings. The fraction of sp³-hybridized carbons (Fsp3) is 0. The lowest BCUT2D eigenvalue weighted by molar-refractivity contribution is 2.20. The highest BCUT2D eigenvalue weighted by Gasteiger charge is 2.16. The van der Waals surface area contributed by atoms with E-state index < -0.39 is 0 Å². The van der Waals surface area contributed by atoms with Crippen molar-refractivity contribution in [3.8, 4) is 0 Å². The Bertz CT molecular complexity index is 884. The maximum atomic E-state index is 6.12. The Labute approximate surface area is 127 Å². The Morgan fingerprint density at radius 2 is 1.05 bits per heavy atom. The van der Waals surface area contributed by atoms with Gasteiger partial charge in [0.2, 0.25) is 0 Å². The molecular weight excluding hydrogens is 284 g/mol. The zero-order valence-corrected chi connectivity index (χ0v) is 12.1. The minimum Gasteiger partial charge on any atom is -0.167 e. The van der Waals surface area contributed by atoms with E-state index in [2.05, 4.69) is 0 Å². The number of hydrogen-bond acceptors (Lipinski definition) is 3. The van der Waals surface area contributed by atoms with Gasteiger partial charge in [-0.2, -0.15) is 34.0 Å². The van der Waals surface area contributed by atoms with E-state index in [1.165, 1.54) is 11.3 Å². The van der Waals surface area contributed by atoms with Crippen molar-refractivity contribution in [2.45, 2.75) is 0 Å². The monoisotopic (exact) mass is 286 g/mol. The molecule has 0 unspecified atom stereocenters. The van der Waals surface area contributed by atoms with Crippen LogP contribution in [-0.4, -0.2) is 31.4 Å². The molecule has 0 nitrogen and oxygen atoms in total. The lowest BCUT2D eigenvalue weighted by Gasteiger charge is -2.00. The zero-order chi connectivity index (χ0) is 13.3. The molecule has 1 aromatic carbocycles. The van der Waals surface area contributed by atoms with Gasteiger partial charge < -0.3 is 0 Å². The van der Waals surface area contributed by atoms with Crippen LogP contribution in [0.3, 0.4) is 0 Å². The second kappa shape index (κ2) is 3.94. The first kappa shape index (κ1) is 12.1. The summed E-state index contributed by atoms with van der Waals surface area (Å²) >= 11 is 4.55. The van der Waals surface area contributed by atoms with Crippen LogP contribution in [0.15, 0.2) is 12.1 Å². The Morgan fingerprint density at radius 3 is 1.47 bits per heavy atom. The first-order chi connectivity index (χ1) is 9.06. The molecule has 0 bridgehead atoms.